The average Bonchev–Trinajstić information content (AvgIpc) is 2.84. The van der Waals surface area contributed by atoms with Gasteiger partial charge in [-0.3, -0.25) is 19.8 Å². The van der Waals surface area contributed by atoms with Gasteiger partial charge in [0.2, 0.25) is 0 Å². The van der Waals surface area contributed by atoms with Gasteiger partial charge >= 0.3 is 0 Å². The molecule has 0 aliphatic carbocycles. The van der Waals surface area contributed by atoms with Crippen LogP contribution >= 0.6 is 0 Å². The number of nitro benzene ring substituents is 1. The summed E-state index contributed by atoms with van der Waals surface area (Å²) in [5.74, 6) is -0.263. The molecular weight excluding hydrogens is 408 g/mol. The van der Waals surface area contributed by atoms with Crippen LogP contribution in [0.25, 0.3) is 0 Å². The summed E-state index contributed by atoms with van der Waals surface area (Å²) in [5.41, 5.74) is 2.27. The molecule has 0 aromatic heterocycles. The normalized spacial score (nSPS) is 19.5. The van der Waals surface area contributed by atoms with E-state index >= 15 is 0 Å². The van der Waals surface area contributed by atoms with Gasteiger partial charge in [-0.1, -0.05) is 36.8 Å². The molecule has 1 atom stereocenters. The summed E-state index contributed by atoms with van der Waals surface area (Å²) < 4.78 is 5.41. The number of likely N-dealkylation sites (tertiary alicyclic amines) is 1. The van der Waals surface area contributed by atoms with Crippen LogP contribution < -0.4 is 10.2 Å². The number of rotatable bonds is 7. The van der Waals surface area contributed by atoms with E-state index in [1.54, 1.807) is 6.07 Å². The highest BCUT2D eigenvalue weighted by Gasteiger charge is 2.25. The summed E-state index contributed by atoms with van der Waals surface area (Å²) in [6.45, 7) is 4.86. The minimum absolute atomic E-state index is 0.0736. The van der Waals surface area contributed by atoms with Crippen LogP contribution in [-0.2, 0) is 11.3 Å². The smallest absolute Gasteiger partial charge is 0.270 e. The number of hydrogen-bond donors (Lipinski definition) is 1. The van der Waals surface area contributed by atoms with E-state index in [4.69, 9.17) is 4.74 Å². The Kier molecular flexibility index (Phi) is 7.34. The van der Waals surface area contributed by atoms with Crippen molar-refractivity contribution in [1.29, 1.82) is 0 Å². The zero-order valence-corrected chi connectivity index (χ0v) is 18.2. The Labute approximate surface area is 188 Å². The third kappa shape index (κ3) is 5.44. The van der Waals surface area contributed by atoms with Gasteiger partial charge in [0.25, 0.3) is 11.6 Å². The van der Waals surface area contributed by atoms with Crippen LogP contribution in [0.5, 0.6) is 0 Å². The number of nitrogens with one attached hydrogen (secondary N) is 1. The quantitative estimate of drug-likeness (QED) is 0.528. The second-order valence-electron chi connectivity index (χ2n) is 8.37. The van der Waals surface area contributed by atoms with E-state index in [9.17, 15) is 14.9 Å². The molecule has 0 saturated carbocycles. The van der Waals surface area contributed by atoms with Gasteiger partial charge in [0.15, 0.2) is 0 Å². The Hall–Kier alpha value is -2.97. The molecule has 8 nitrogen and oxygen atoms in total. The SMILES string of the molecule is O=C(NCC1CCCCN1Cc1ccccc1)c1cc([N+](=O)[O-])ccc1N1CCOCC1. The van der Waals surface area contributed by atoms with Gasteiger partial charge in [0.05, 0.1) is 29.4 Å². The number of amides is 1. The maximum Gasteiger partial charge on any atom is 0.270 e. The van der Waals surface area contributed by atoms with Gasteiger partial charge in [0, 0.05) is 44.4 Å². The van der Waals surface area contributed by atoms with Crippen LogP contribution in [0, 0.1) is 10.1 Å². The summed E-state index contributed by atoms with van der Waals surface area (Å²) in [7, 11) is 0. The number of nitrogens with zero attached hydrogens (tertiary/aromatic N) is 3. The summed E-state index contributed by atoms with van der Waals surface area (Å²) in [4.78, 5) is 28.5. The molecule has 32 heavy (non-hydrogen) atoms. The molecule has 2 aromatic carbocycles. The van der Waals surface area contributed by atoms with Crippen LogP contribution in [0.2, 0.25) is 0 Å². The van der Waals surface area contributed by atoms with Gasteiger partial charge in [-0.15, -0.1) is 0 Å². The van der Waals surface area contributed by atoms with Gasteiger partial charge in [-0.25, -0.2) is 0 Å². The molecular formula is C24H30N4O4. The van der Waals surface area contributed by atoms with Crippen molar-refractivity contribution in [2.24, 2.45) is 0 Å². The fourth-order valence-corrected chi connectivity index (χ4v) is 4.52. The van der Waals surface area contributed by atoms with Crippen LogP contribution in [0.3, 0.4) is 0 Å². The zero-order chi connectivity index (χ0) is 22.3. The molecule has 2 aliphatic heterocycles. The first-order valence-electron chi connectivity index (χ1n) is 11.3. The number of ether oxygens (including phenoxy) is 1. The lowest BCUT2D eigenvalue weighted by Crippen LogP contribution is -2.46. The Morgan fingerprint density at radius 1 is 1.09 bits per heavy atom. The molecule has 0 spiro atoms. The van der Waals surface area contributed by atoms with E-state index in [0.717, 1.165) is 38.0 Å². The second kappa shape index (κ2) is 10.6. The predicted octanol–water partition coefficient (Wildman–Crippen LogP) is 3.22. The fraction of sp³-hybridized carbons (Fsp3) is 0.458. The minimum Gasteiger partial charge on any atom is -0.378 e. The van der Waals surface area contributed by atoms with Crippen molar-refractivity contribution in [1.82, 2.24) is 10.2 Å². The number of non-ortho nitro benzene ring substituents is 1. The number of hydrogen-bond acceptors (Lipinski definition) is 6. The number of morpholine rings is 1. The molecule has 2 fully saturated rings. The van der Waals surface area contributed by atoms with E-state index in [-0.39, 0.29) is 17.6 Å². The third-order valence-corrected chi connectivity index (χ3v) is 6.26. The van der Waals surface area contributed by atoms with Crippen molar-refractivity contribution in [3.63, 3.8) is 0 Å². The molecule has 170 valence electrons. The lowest BCUT2D eigenvalue weighted by molar-refractivity contribution is -0.384. The molecule has 0 bridgehead atoms. The predicted molar refractivity (Wildman–Crippen MR) is 123 cm³/mol. The highest BCUT2D eigenvalue weighted by atomic mass is 16.6. The molecule has 2 saturated heterocycles. The van der Waals surface area contributed by atoms with Crippen LogP contribution in [-0.4, -0.2) is 61.2 Å². The van der Waals surface area contributed by atoms with Gasteiger partial charge in [-0.05, 0) is 31.0 Å². The highest BCUT2D eigenvalue weighted by Crippen LogP contribution is 2.27. The van der Waals surface area contributed by atoms with E-state index in [2.05, 4.69) is 27.2 Å². The van der Waals surface area contributed by atoms with E-state index < -0.39 is 4.92 Å². The van der Waals surface area contributed by atoms with Gasteiger partial charge in [-0.2, -0.15) is 0 Å². The largest absolute Gasteiger partial charge is 0.378 e. The highest BCUT2D eigenvalue weighted by molar-refractivity contribution is 6.00. The van der Waals surface area contributed by atoms with Gasteiger partial charge < -0.3 is 15.0 Å². The molecule has 1 unspecified atom stereocenters. The molecule has 1 amide bonds. The van der Waals surface area contributed by atoms with Crippen molar-refractivity contribution in [3.05, 3.63) is 69.8 Å². The summed E-state index contributed by atoms with van der Waals surface area (Å²) >= 11 is 0. The Morgan fingerprint density at radius 3 is 2.62 bits per heavy atom. The molecule has 8 heteroatoms. The average molecular weight is 439 g/mol. The molecule has 4 rings (SSSR count). The minimum atomic E-state index is -0.456. The van der Waals surface area contributed by atoms with E-state index in [1.807, 2.05) is 18.2 Å². The molecule has 2 heterocycles. The van der Waals surface area contributed by atoms with Crippen molar-refractivity contribution < 1.29 is 14.5 Å². The lowest BCUT2D eigenvalue weighted by atomic mass is 10.0. The fourth-order valence-electron chi connectivity index (χ4n) is 4.52. The van der Waals surface area contributed by atoms with Crippen molar-refractivity contribution in [3.8, 4) is 0 Å². The second-order valence-corrected chi connectivity index (χ2v) is 8.37. The number of anilines is 1. The number of piperidine rings is 1. The van der Waals surface area contributed by atoms with Crippen LogP contribution in [0.15, 0.2) is 48.5 Å². The first-order valence-corrected chi connectivity index (χ1v) is 11.3. The molecule has 1 N–H and O–H groups in total. The summed E-state index contributed by atoms with van der Waals surface area (Å²) in [6, 6.07) is 15.1. The topological polar surface area (TPSA) is 88.0 Å². The zero-order valence-electron chi connectivity index (χ0n) is 18.2. The van der Waals surface area contributed by atoms with Crippen molar-refractivity contribution in [2.45, 2.75) is 31.8 Å². The van der Waals surface area contributed by atoms with Crippen molar-refractivity contribution >= 4 is 17.3 Å². The molecule has 0 radical (unpaired) electrons. The number of nitro groups is 1. The number of benzene rings is 2. The summed E-state index contributed by atoms with van der Waals surface area (Å²) in [5, 5.41) is 14.4. The van der Waals surface area contributed by atoms with Gasteiger partial charge in [0.1, 0.15) is 0 Å². The van der Waals surface area contributed by atoms with E-state index in [0.29, 0.717) is 38.4 Å². The number of carbonyl (C=O) groups is 1. The van der Waals surface area contributed by atoms with Crippen LogP contribution in [0.4, 0.5) is 11.4 Å². The standard InChI is InChI=1S/C24H30N4O4/c29-24(22-16-20(28(30)31)9-10-23(22)26-12-14-32-15-13-26)25-17-21-8-4-5-11-27(21)18-19-6-2-1-3-7-19/h1-3,6-7,9-10,16,21H,4-5,8,11-15,17-18H2,(H,25,29). The van der Waals surface area contributed by atoms with Crippen molar-refractivity contribution in [2.75, 3.05) is 44.3 Å². The monoisotopic (exact) mass is 438 g/mol. The Balaban J connectivity index is 1.47. The summed E-state index contributed by atoms with van der Waals surface area (Å²) in [6.07, 6.45) is 3.32. The number of carbonyl (C=O) groups excluding carboxylic acids is 1. The Morgan fingerprint density at radius 2 is 1.88 bits per heavy atom. The lowest BCUT2D eigenvalue weighted by Gasteiger charge is -2.36. The molecule has 2 aliphatic rings. The van der Waals surface area contributed by atoms with E-state index in [1.165, 1.54) is 17.7 Å². The Bertz CT molecular complexity index is 931. The third-order valence-electron chi connectivity index (χ3n) is 6.26. The first kappa shape index (κ1) is 22.2. The van der Waals surface area contributed by atoms with Crippen LogP contribution in [0.1, 0.15) is 35.2 Å². The maximum absolute atomic E-state index is 13.2. The molecule has 2 aromatic rings. The first-order chi connectivity index (χ1) is 15.6. The maximum atomic E-state index is 13.2.